The number of nitrogens with one attached hydrogen (secondary N) is 1. The maximum Gasteiger partial charge on any atom is 0.332 e. The van der Waals surface area contributed by atoms with Crippen molar-refractivity contribution < 1.29 is 29.0 Å². The second-order valence-electron chi connectivity index (χ2n) is 4.57. The molecule has 0 spiro atoms. The fourth-order valence-electron chi connectivity index (χ4n) is 1.89. The number of rotatable bonds is 7. The fourth-order valence-corrected chi connectivity index (χ4v) is 1.89. The van der Waals surface area contributed by atoms with Crippen LogP contribution in [0.2, 0.25) is 0 Å². The van der Waals surface area contributed by atoms with Crippen molar-refractivity contribution in [3.63, 3.8) is 0 Å². The number of carbonyl (C=O) groups excluding carboxylic acids is 2. The van der Waals surface area contributed by atoms with Crippen LogP contribution < -0.4 is 5.32 Å². The number of ether oxygens (including phenoxy) is 2. The molecule has 2 atom stereocenters. The summed E-state index contributed by atoms with van der Waals surface area (Å²) in [7, 11) is 3.01. The Morgan fingerprint density at radius 3 is 2.55 bits per heavy atom. The van der Waals surface area contributed by atoms with Crippen molar-refractivity contribution in [1.29, 1.82) is 0 Å². The third-order valence-electron chi connectivity index (χ3n) is 2.96. The molecule has 20 heavy (non-hydrogen) atoms. The van der Waals surface area contributed by atoms with Crippen molar-refractivity contribution in [3.8, 4) is 0 Å². The Labute approximate surface area is 117 Å². The quantitative estimate of drug-likeness (QED) is 0.572. The van der Waals surface area contributed by atoms with E-state index in [2.05, 4.69) is 5.32 Å². The summed E-state index contributed by atoms with van der Waals surface area (Å²) >= 11 is 0. The van der Waals surface area contributed by atoms with Gasteiger partial charge in [0, 0.05) is 20.7 Å². The zero-order valence-corrected chi connectivity index (χ0v) is 11.6. The minimum atomic E-state index is -1.07. The van der Waals surface area contributed by atoms with Crippen LogP contribution in [0.25, 0.3) is 0 Å². The van der Waals surface area contributed by atoms with E-state index in [9.17, 15) is 14.4 Å². The lowest BCUT2D eigenvalue weighted by molar-refractivity contribution is -0.155. The molecule has 0 saturated carbocycles. The van der Waals surface area contributed by atoms with Crippen LogP contribution in [0, 0.1) is 0 Å². The molecule has 2 N–H and O–H groups in total. The van der Waals surface area contributed by atoms with Gasteiger partial charge in [0.15, 0.2) is 6.10 Å². The van der Waals surface area contributed by atoms with E-state index in [-0.39, 0.29) is 18.4 Å². The van der Waals surface area contributed by atoms with E-state index >= 15 is 0 Å². The van der Waals surface area contributed by atoms with E-state index < -0.39 is 18.2 Å². The molecule has 0 radical (unpaired) electrons. The Bertz CT molecular complexity index is 373. The Balaban J connectivity index is 2.36. The topological polar surface area (TPSA) is 105 Å². The van der Waals surface area contributed by atoms with Gasteiger partial charge in [0.25, 0.3) is 5.91 Å². The molecule has 1 heterocycles. The lowest BCUT2D eigenvalue weighted by Gasteiger charge is -2.20. The highest BCUT2D eigenvalue weighted by Crippen LogP contribution is 2.21. The zero-order chi connectivity index (χ0) is 15.1. The average molecular weight is 288 g/mol. The Morgan fingerprint density at radius 1 is 1.35 bits per heavy atom. The highest BCUT2D eigenvalue weighted by molar-refractivity contribution is 5.87. The highest BCUT2D eigenvalue weighted by atomic mass is 16.5. The summed E-state index contributed by atoms with van der Waals surface area (Å²) in [4.78, 5) is 35.5. The first kappa shape index (κ1) is 16.4. The predicted molar refractivity (Wildman–Crippen MR) is 68.1 cm³/mol. The molecule has 1 rings (SSSR count). The predicted octanol–water partition coefficient (Wildman–Crippen LogP) is -1.16. The van der Waals surface area contributed by atoms with Crippen molar-refractivity contribution in [2.24, 2.45) is 0 Å². The number of carbonyl (C=O) groups is 3. The lowest BCUT2D eigenvalue weighted by Crippen LogP contribution is -2.43. The second-order valence-corrected chi connectivity index (χ2v) is 4.57. The molecule has 1 fully saturated rings. The van der Waals surface area contributed by atoms with Gasteiger partial charge in [-0.15, -0.1) is 0 Å². The van der Waals surface area contributed by atoms with Gasteiger partial charge < -0.3 is 24.8 Å². The Morgan fingerprint density at radius 2 is 2.00 bits per heavy atom. The second kappa shape index (κ2) is 7.81. The number of nitrogens with zero attached hydrogens (tertiary/aromatic N) is 1. The van der Waals surface area contributed by atoms with E-state index in [1.54, 1.807) is 0 Å². The van der Waals surface area contributed by atoms with Gasteiger partial charge in [-0.1, -0.05) is 0 Å². The Kier molecular flexibility index (Phi) is 6.40. The summed E-state index contributed by atoms with van der Waals surface area (Å²) < 4.78 is 9.93. The number of aliphatic carboxylic acids is 1. The molecule has 1 aliphatic rings. The minimum Gasteiger partial charge on any atom is -0.479 e. The number of likely N-dealkylation sites (N-methyl/N-ethyl adjacent to an activating group) is 1. The molecule has 8 nitrogen and oxygen atoms in total. The lowest BCUT2D eigenvalue weighted by atomic mass is 10.2. The van der Waals surface area contributed by atoms with E-state index in [1.807, 2.05) is 0 Å². The van der Waals surface area contributed by atoms with Crippen LogP contribution in [-0.4, -0.2) is 73.9 Å². The zero-order valence-electron chi connectivity index (χ0n) is 11.6. The van der Waals surface area contributed by atoms with Crippen LogP contribution in [-0.2, 0) is 23.9 Å². The summed E-state index contributed by atoms with van der Waals surface area (Å²) in [5, 5.41) is 11.4. The molecular weight excluding hydrogens is 268 g/mol. The first-order valence-corrected chi connectivity index (χ1v) is 6.34. The van der Waals surface area contributed by atoms with E-state index in [0.29, 0.717) is 26.0 Å². The molecule has 8 heteroatoms. The van der Waals surface area contributed by atoms with Gasteiger partial charge in [0.05, 0.1) is 13.2 Å². The van der Waals surface area contributed by atoms with Crippen LogP contribution in [0.15, 0.2) is 0 Å². The number of carboxylic acids is 1. The smallest absolute Gasteiger partial charge is 0.332 e. The van der Waals surface area contributed by atoms with Gasteiger partial charge in [-0.05, 0) is 12.8 Å². The first-order chi connectivity index (χ1) is 9.45. The molecule has 1 saturated heterocycles. The van der Waals surface area contributed by atoms with Crippen molar-refractivity contribution in [2.75, 3.05) is 33.9 Å². The van der Waals surface area contributed by atoms with Crippen molar-refractivity contribution >= 4 is 17.8 Å². The molecule has 0 aliphatic carbocycles. The van der Waals surface area contributed by atoms with Crippen molar-refractivity contribution in [1.82, 2.24) is 10.2 Å². The maximum atomic E-state index is 12.0. The minimum absolute atomic E-state index is 0.0971. The molecule has 0 aromatic carbocycles. The molecule has 1 aliphatic heterocycles. The van der Waals surface area contributed by atoms with Gasteiger partial charge in [-0.2, -0.15) is 0 Å². The monoisotopic (exact) mass is 288 g/mol. The van der Waals surface area contributed by atoms with Gasteiger partial charge in [-0.3, -0.25) is 9.59 Å². The molecule has 2 amide bonds. The number of hydrogen-bond donors (Lipinski definition) is 2. The molecule has 0 unspecified atom stereocenters. The van der Waals surface area contributed by atoms with Gasteiger partial charge in [-0.25, -0.2) is 4.79 Å². The molecular formula is C12H20N2O6. The molecule has 0 aromatic rings. The largest absolute Gasteiger partial charge is 0.479 e. The van der Waals surface area contributed by atoms with Crippen LogP contribution in [0.5, 0.6) is 0 Å². The molecule has 0 bridgehead atoms. The van der Waals surface area contributed by atoms with E-state index in [4.69, 9.17) is 14.6 Å². The summed E-state index contributed by atoms with van der Waals surface area (Å²) in [5.41, 5.74) is 0. The fraction of sp³-hybridized carbons (Fsp3) is 0.750. The third-order valence-corrected chi connectivity index (χ3v) is 2.96. The summed E-state index contributed by atoms with van der Waals surface area (Å²) in [6.45, 7) is 0.675. The summed E-state index contributed by atoms with van der Waals surface area (Å²) in [5.74, 6) is -1.75. The number of hydrogen-bond acceptors (Lipinski definition) is 5. The van der Waals surface area contributed by atoms with Crippen LogP contribution in [0.4, 0.5) is 0 Å². The SMILES string of the molecule is COCCNC(=O)CN(C)C(=O)[C@@H]1CC[C@H](C(=O)O)O1. The van der Waals surface area contributed by atoms with Crippen LogP contribution in [0.3, 0.4) is 0 Å². The summed E-state index contributed by atoms with van der Waals surface area (Å²) in [6.07, 6.45) is -1.06. The highest BCUT2D eigenvalue weighted by Gasteiger charge is 2.36. The van der Waals surface area contributed by atoms with Crippen LogP contribution >= 0.6 is 0 Å². The van der Waals surface area contributed by atoms with Crippen molar-refractivity contribution in [3.05, 3.63) is 0 Å². The number of carboxylic acid groups (broad SMARTS) is 1. The summed E-state index contributed by atoms with van der Waals surface area (Å²) in [6, 6.07) is 0. The average Bonchev–Trinajstić information content (AvgIpc) is 2.87. The maximum absolute atomic E-state index is 12.0. The first-order valence-electron chi connectivity index (χ1n) is 6.34. The normalized spacial score (nSPS) is 21.5. The molecule has 114 valence electrons. The van der Waals surface area contributed by atoms with Gasteiger partial charge >= 0.3 is 5.97 Å². The number of methoxy groups -OCH3 is 1. The molecule has 0 aromatic heterocycles. The van der Waals surface area contributed by atoms with Crippen LogP contribution in [0.1, 0.15) is 12.8 Å². The van der Waals surface area contributed by atoms with Crippen molar-refractivity contribution in [2.45, 2.75) is 25.0 Å². The standard InChI is InChI=1S/C12H20N2O6/c1-14(7-10(15)13-5-6-19-2)11(16)8-3-4-9(20-8)12(17)18/h8-9H,3-7H2,1-2H3,(H,13,15)(H,17,18)/t8-,9+/m0/s1. The van der Waals surface area contributed by atoms with E-state index in [0.717, 1.165) is 0 Å². The van der Waals surface area contributed by atoms with Gasteiger partial charge in [0.1, 0.15) is 6.10 Å². The van der Waals surface area contributed by atoms with Gasteiger partial charge in [0.2, 0.25) is 5.91 Å². The Hall–Kier alpha value is -1.67. The van der Waals surface area contributed by atoms with E-state index in [1.165, 1.54) is 19.1 Å². The third kappa shape index (κ3) is 4.78. The number of amides is 2.